The molecule has 0 aromatic heterocycles. The molecule has 0 aliphatic heterocycles. The maximum absolute atomic E-state index is 8.25. The van der Waals surface area contributed by atoms with Crippen LogP contribution in [0, 0.1) is 0 Å². The van der Waals surface area contributed by atoms with Crippen molar-refractivity contribution in [1.29, 1.82) is 0 Å². The molecular formula is C22H38O2SiZr-2. The number of rotatable bonds is 6. The van der Waals surface area contributed by atoms with Gasteiger partial charge in [0.1, 0.15) is 0 Å². The number of hydrogen-bond acceptors (Lipinski definition) is 2. The molecule has 0 N–H and O–H groups in total. The van der Waals surface area contributed by atoms with Crippen LogP contribution in [0.5, 0.6) is 0 Å². The summed E-state index contributed by atoms with van der Waals surface area (Å²) in [4.78, 5) is 0. The first-order chi connectivity index (χ1) is 12.6. The van der Waals surface area contributed by atoms with Crippen LogP contribution in [-0.2, 0) is 36.2 Å². The molecule has 0 heterocycles. The van der Waals surface area contributed by atoms with Crippen molar-refractivity contribution in [2.24, 2.45) is 0 Å². The minimum atomic E-state index is 0.210. The Labute approximate surface area is 177 Å². The van der Waals surface area contributed by atoms with Gasteiger partial charge in [-0.05, 0) is 0 Å². The molecule has 0 saturated carbocycles. The van der Waals surface area contributed by atoms with E-state index in [0.29, 0.717) is 0 Å². The van der Waals surface area contributed by atoms with Crippen LogP contribution in [0.25, 0.3) is 0 Å². The number of hydrogen-bond donors (Lipinski definition) is 0. The second-order valence-corrected chi connectivity index (χ2v) is 15.2. The van der Waals surface area contributed by atoms with Crippen LogP contribution in [0.4, 0.5) is 0 Å². The molecular weight excluding hydrogens is 416 g/mol. The maximum atomic E-state index is 8.25. The molecule has 0 atom stereocenters. The van der Waals surface area contributed by atoms with Crippen molar-refractivity contribution in [3.8, 4) is 0 Å². The van der Waals surface area contributed by atoms with Gasteiger partial charge in [-0.1, -0.05) is 52.4 Å². The van der Waals surface area contributed by atoms with Gasteiger partial charge in [0, 0.05) is 0 Å². The molecule has 148 valence electrons. The molecule has 2 aromatic rings. The zero-order valence-electron chi connectivity index (χ0n) is 17.7. The van der Waals surface area contributed by atoms with Crippen LogP contribution >= 0.6 is 0 Å². The van der Waals surface area contributed by atoms with E-state index in [9.17, 15) is 0 Å². The van der Waals surface area contributed by atoms with E-state index in [1.165, 1.54) is 49.7 Å². The Hall–Kier alpha value is -0.280. The molecule has 0 fully saturated rings. The van der Waals surface area contributed by atoms with Crippen molar-refractivity contribution in [2.75, 3.05) is 14.2 Å². The van der Waals surface area contributed by atoms with Gasteiger partial charge in [0.15, 0.2) is 0 Å². The van der Waals surface area contributed by atoms with Crippen molar-refractivity contribution >= 4 is 5.43 Å². The molecule has 2 aromatic carbocycles. The fraction of sp³-hybridized carbons (Fsp3) is 0.545. The summed E-state index contributed by atoms with van der Waals surface area (Å²) >= 11 is 1.74. The van der Waals surface area contributed by atoms with E-state index in [4.69, 9.17) is 10.2 Å². The molecule has 0 aliphatic carbocycles. The van der Waals surface area contributed by atoms with Gasteiger partial charge in [0.25, 0.3) is 0 Å². The van der Waals surface area contributed by atoms with Gasteiger partial charge in [-0.15, -0.1) is 0 Å². The first-order valence-corrected chi connectivity index (χ1v) is 15.5. The van der Waals surface area contributed by atoms with Crippen LogP contribution in [0.15, 0.2) is 48.5 Å². The van der Waals surface area contributed by atoms with Crippen LogP contribution < -0.4 is 10.2 Å². The van der Waals surface area contributed by atoms with E-state index in [1.54, 1.807) is 23.3 Å². The molecule has 2 nitrogen and oxygen atoms in total. The third-order valence-corrected chi connectivity index (χ3v) is 3.10. The third-order valence-electron chi connectivity index (χ3n) is 3.10. The quantitative estimate of drug-likeness (QED) is 0.485. The normalized spacial score (nSPS) is 8.38. The van der Waals surface area contributed by atoms with Gasteiger partial charge in [0.2, 0.25) is 0 Å². The SMILES string of the molecule is CCCCc1cc[cH-]c1.CCCCc1cc[cH-]c1.C[O-].C[O-].C[Si](C)=[Zr+2]. The van der Waals surface area contributed by atoms with E-state index >= 15 is 0 Å². The van der Waals surface area contributed by atoms with Crippen LogP contribution in [0.2, 0.25) is 13.1 Å². The molecule has 0 aliphatic rings. The third kappa shape index (κ3) is 26.0. The van der Waals surface area contributed by atoms with Crippen LogP contribution in [0.3, 0.4) is 0 Å². The molecule has 4 heteroatoms. The monoisotopic (exact) mass is 452 g/mol. The minimum absolute atomic E-state index is 0.210. The summed E-state index contributed by atoms with van der Waals surface area (Å²) in [6.07, 6.45) is 7.75. The average Bonchev–Trinajstić information content (AvgIpc) is 3.35. The Kier molecular flexibility index (Phi) is 31.6. The predicted octanol–water partition coefficient (Wildman–Crippen LogP) is 4.23. The van der Waals surface area contributed by atoms with Gasteiger partial charge in [-0.3, -0.25) is 0 Å². The van der Waals surface area contributed by atoms with Gasteiger partial charge >= 0.3 is 41.9 Å². The van der Waals surface area contributed by atoms with Gasteiger partial charge in [-0.25, -0.2) is 12.1 Å². The van der Waals surface area contributed by atoms with Gasteiger partial charge < -0.3 is 10.2 Å². The Morgan fingerprint density at radius 2 is 1.12 bits per heavy atom. The Bertz CT molecular complexity index is 408. The molecule has 0 bridgehead atoms. The van der Waals surface area contributed by atoms with E-state index in [-0.39, 0.29) is 5.43 Å². The van der Waals surface area contributed by atoms with Crippen molar-refractivity contribution < 1.29 is 33.5 Å². The summed E-state index contributed by atoms with van der Waals surface area (Å²) in [5, 5.41) is 16.5. The first kappa shape index (κ1) is 30.4. The Balaban J connectivity index is -0.000000294. The molecule has 2 rings (SSSR count). The summed E-state index contributed by atoms with van der Waals surface area (Å²) < 4.78 is 0. The molecule has 0 unspecified atom stereocenters. The van der Waals surface area contributed by atoms with Gasteiger partial charge in [-0.2, -0.15) is 61.7 Å². The van der Waals surface area contributed by atoms with E-state index in [1.807, 2.05) is 0 Å². The second kappa shape index (κ2) is 26.9. The fourth-order valence-corrected chi connectivity index (χ4v) is 1.92. The zero-order valence-corrected chi connectivity index (χ0v) is 21.1. The summed E-state index contributed by atoms with van der Waals surface area (Å²) in [5.74, 6) is 0. The summed E-state index contributed by atoms with van der Waals surface area (Å²) in [6.45, 7) is 9.07. The summed E-state index contributed by atoms with van der Waals surface area (Å²) in [7, 11) is 1.50. The fourth-order valence-electron chi connectivity index (χ4n) is 1.92. The van der Waals surface area contributed by atoms with E-state index < -0.39 is 0 Å². The molecule has 0 amide bonds. The Morgan fingerprint density at radius 1 is 0.808 bits per heavy atom. The van der Waals surface area contributed by atoms with Crippen LogP contribution in [0.1, 0.15) is 50.7 Å². The van der Waals surface area contributed by atoms with Crippen molar-refractivity contribution in [2.45, 2.75) is 65.5 Å². The van der Waals surface area contributed by atoms with Crippen molar-refractivity contribution in [1.82, 2.24) is 0 Å². The first-order valence-electron chi connectivity index (χ1n) is 9.34. The number of aryl methyl sites for hydroxylation is 2. The summed E-state index contributed by atoms with van der Waals surface area (Å²) in [5.41, 5.74) is 3.18. The molecule has 0 radical (unpaired) electrons. The standard InChI is InChI=1S/2C9H13.C2H6Si.2CH3O.Zr/c2*1-2-3-6-9-7-4-5-8-9;1-3-2;2*1-2;/h2*4-5,7-8H,2-3,6H2,1H3;1-2H3;2*1H3;/q2*-1;;2*-1;+2. The zero-order chi connectivity index (χ0) is 20.6. The second-order valence-electron chi connectivity index (χ2n) is 5.79. The Morgan fingerprint density at radius 3 is 1.31 bits per heavy atom. The topological polar surface area (TPSA) is 46.1 Å². The van der Waals surface area contributed by atoms with Crippen molar-refractivity contribution in [3.63, 3.8) is 0 Å². The molecule has 0 spiro atoms. The summed E-state index contributed by atoms with van der Waals surface area (Å²) in [6, 6.07) is 17.2. The van der Waals surface area contributed by atoms with Gasteiger partial charge in [0.05, 0.1) is 0 Å². The van der Waals surface area contributed by atoms with E-state index in [2.05, 4.69) is 75.5 Å². The predicted molar refractivity (Wildman–Crippen MR) is 111 cm³/mol. The van der Waals surface area contributed by atoms with E-state index in [0.717, 1.165) is 14.2 Å². The number of unbranched alkanes of at least 4 members (excludes halogenated alkanes) is 2. The molecule has 26 heavy (non-hydrogen) atoms. The molecule has 0 saturated heterocycles. The van der Waals surface area contributed by atoms with Crippen LogP contribution in [-0.4, -0.2) is 19.7 Å². The average molecular weight is 454 g/mol. The van der Waals surface area contributed by atoms with Crippen molar-refractivity contribution in [3.05, 3.63) is 59.7 Å².